The van der Waals surface area contributed by atoms with Crippen molar-refractivity contribution in [1.29, 1.82) is 0 Å². The Hall–Kier alpha value is -1.35. The van der Waals surface area contributed by atoms with E-state index in [9.17, 15) is 9.90 Å². The van der Waals surface area contributed by atoms with Gasteiger partial charge in [-0.2, -0.15) is 0 Å². The molecule has 0 radical (unpaired) electrons. The quantitative estimate of drug-likeness (QED) is 0.633. The van der Waals surface area contributed by atoms with E-state index in [1.165, 1.54) is 5.56 Å². The highest BCUT2D eigenvalue weighted by Crippen LogP contribution is 2.26. The molecule has 0 bridgehead atoms. The van der Waals surface area contributed by atoms with Gasteiger partial charge in [0.25, 0.3) is 0 Å². The molecule has 0 amide bonds. The van der Waals surface area contributed by atoms with Crippen LogP contribution in [-0.2, 0) is 16.0 Å². The summed E-state index contributed by atoms with van der Waals surface area (Å²) in [5.41, 5.74) is 1.32. The zero-order valence-electron chi connectivity index (χ0n) is 11.3. The summed E-state index contributed by atoms with van der Waals surface area (Å²) in [6.07, 6.45) is 4.85. The van der Waals surface area contributed by atoms with Gasteiger partial charge in [-0.05, 0) is 44.1 Å². The summed E-state index contributed by atoms with van der Waals surface area (Å²) < 4.78 is 5.24. The predicted molar refractivity (Wildman–Crippen MR) is 73.7 cm³/mol. The summed E-state index contributed by atoms with van der Waals surface area (Å²) in [6, 6.07) is 10.3. The van der Waals surface area contributed by atoms with E-state index in [0.717, 1.165) is 38.5 Å². The number of benzene rings is 1. The van der Waals surface area contributed by atoms with Gasteiger partial charge < -0.3 is 9.84 Å². The fraction of sp³-hybridized carbons (Fsp3) is 0.562. The number of ether oxygens (including phenoxy) is 1. The largest absolute Gasteiger partial charge is 0.465 e. The van der Waals surface area contributed by atoms with Gasteiger partial charge in [0.05, 0.1) is 18.6 Å². The Balaban J connectivity index is 1.58. The van der Waals surface area contributed by atoms with E-state index in [1.54, 1.807) is 0 Å². The molecule has 104 valence electrons. The molecular formula is C16H22O3. The lowest BCUT2D eigenvalue weighted by Gasteiger charge is -2.13. The number of carbonyl (C=O) groups is 1. The lowest BCUT2D eigenvalue weighted by atomic mass is 10.1. The Labute approximate surface area is 114 Å². The van der Waals surface area contributed by atoms with Crippen LogP contribution in [-0.4, -0.2) is 23.8 Å². The monoisotopic (exact) mass is 262 g/mol. The first-order chi connectivity index (χ1) is 9.27. The molecule has 3 nitrogen and oxygen atoms in total. The number of aliphatic hydroxyl groups is 1. The molecule has 1 aromatic rings. The number of aryl methyl sites for hydroxylation is 1. The highest BCUT2D eigenvalue weighted by Gasteiger charge is 2.32. The van der Waals surface area contributed by atoms with Crippen molar-refractivity contribution in [2.24, 2.45) is 5.92 Å². The van der Waals surface area contributed by atoms with Crippen molar-refractivity contribution in [3.63, 3.8) is 0 Å². The molecule has 0 heterocycles. The summed E-state index contributed by atoms with van der Waals surface area (Å²) >= 11 is 0. The average molecular weight is 262 g/mol. The van der Waals surface area contributed by atoms with Crippen molar-refractivity contribution in [2.45, 2.75) is 44.6 Å². The summed E-state index contributed by atoms with van der Waals surface area (Å²) in [4.78, 5) is 11.7. The fourth-order valence-electron chi connectivity index (χ4n) is 2.57. The maximum Gasteiger partial charge on any atom is 0.311 e. The molecule has 1 aliphatic rings. The third-order valence-electron chi connectivity index (χ3n) is 3.73. The van der Waals surface area contributed by atoms with E-state index in [2.05, 4.69) is 12.1 Å². The number of hydrogen-bond donors (Lipinski definition) is 1. The fourth-order valence-corrected chi connectivity index (χ4v) is 2.57. The standard InChI is InChI=1S/C16H22O3/c17-15-11-6-10-14(15)16(18)19-12-5-4-9-13-7-2-1-3-8-13/h1-3,7-8,14-15,17H,4-6,9-12H2. The molecule has 1 N–H and O–H groups in total. The van der Waals surface area contributed by atoms with Crippen LogP contribution in [0.3, 0.4) is 0 Å². The van der Waals surface area contributed by atoms with Gasteiger partial charge in [0.15, 0.2) is 0 Å². The third-order valence-corrected chi connectivity index (χ3v) is 3.73. The molecule has 1 aliphatic carbocycles. The van der Waals surface area contributed by atoms with Gasteiger partial charge in [0, 0.05) is 0 Å². The molecule has 0 spiro atoms. The van der Waals surface area contributed by atoms with Crippen LogP contribution in [0.1, 0.15) is 37.7 Å². The topological polar surface area (TPSA) is 46.5 Å². The molecule has 3 heteroatoms. The lowest BCUT2D eigenvalue weighted by molar-refractivity contribution is -0.151. The summed E-state index contributed by atoms with van der Waals surface area (Å²) in [6.45, 7) is 0.467. The second kappa shape index (κ2) is 7.29. The van der Waals surface area contributed by atoms with Crippen molar-refractivity contribution in [1.82, 2.24) is 0 Å². The molecule has 0 saturated heterocycles. The zero-order chi connectivity index (χ0) is 13.5. The zero-order valence-corrected chi connectivity index (χ0v) is 11.3. The van der Waals surface area contributed by atoms with E-state index in [0.29, 0.717) is 6.61 Å². The minimum absolute atomic E-state index is 0.218. The van der Waals surface area contributed by atoms with Crippen molar-refractivity contribution in [3.8, 4) is 0 Å². The van der Waals surface area contributed by atoms with Crippen molar-refractivity contribution in [3.05, 3.63) is 35.9 Å². The Morgan fingerprint density at radius 3 is 2.68 bits per heavy atom. The smallest absolute Gasteiger partial charge is 0.311 e. The van der Waals surface area contributed by atoms with Crippen LogP contribution in [0.4, 0.5) is 0 Å². The average Bonchev–Trinajstić information content (AvgIpc) is 2.86. The SMILES string of the molecule is O=C(OCCCCc1ccccc1)C1CCCC1O. The normalized spacial score (nSPS) is 22.4. The van der Waals surface area contributed by atoms with E-state index < -0.39 is 6.10 Å². The number of aliphatic hydroxyl groups excluding tert-OH is 1. The molecule has 19 heavy (non-hydrogen) atoms. The van der Waals surface area contributed by atoms with Crippen LogP contribution < -0.4 is 0 Å². The van der Waals surface area contributed by atoms with Crippen LogP contribution >= 0.6 is 0 Å². The first kappa shape index (κ1) is 14.1. The van der Waals surface area contributed by atoms with E-state index >= 15 is 0 Å². The van der Waals surface area contributed by atoms with E-state index in [1.807, 2.05) is 18.2 Å². The summed E-state index contributed by atoms with van der Waals surface area (Å²) in [5.74, 6) is -0.501. The highest BCUT2D eigenvalue weighted by atomic mass is 16.5. The highest BCUT2D eigenvalue weighted by molar-refractivity contribution is 5.73. The van der Waals surface area contributed by atoms with Gasteiger partial charge in [0.1, 0.15) is 0 Å². The lowest BCUT2D eigenvalue weighted by Crippen LogP contribution is -2.25. The first-order valence-electron chi connectivity index (χ1n) is 7.16. The van der Waals surface area contributed by atoms with Crippen LogP contribution in [0.2, 0.25) is 0 Å². The molecule has 2 rings (SSSR count). The van der Waals surface area contributed by atoms with Gasteiger partial charge in [-0.3, -0.25) is 4.79 Å². The molecule has 0 aromatic heterocycles. The maximum absolute atomic E-state index is 11.7. The third kappa shape index (κ3) is 4.35. The number of carbonyl (C=O) groups excluding carboxylic acids is 1. The molecule has 2 unspecified atom stereocenters. The van der Waals surface area contributed by atoms with Crippen molar-refractivity contribution >= 4 is 5.97 Å². The summed E-state index contributed by atoms with van der Waals surface area (Å²) in [5, 5.41) is 9.61. The van der Waals surface area contributed by atoms with E-state index in [4.69, 9.17) is 4.74 Å². The van der Waals surface area contributed by atoms with Crippen LogP contribution in [0.15, 0.2) is 30.3 Å². The van der Waals surface area contributed by atoms with E-state index in [-0.39, 0.29) is 11.9 Å². The second-order valence-corrected chi connectivity index (χ2v) is 5.21. The molecule has 1 fully saturated rings. The van der Waals surface area contributed by atoms with Crippen LogP contribution in [0, 0.1) is 5.92 Å². The number of unbranched alkanes of at least 4 members (excludes halogenated alkanes) is 1. The van der Waals surface area contributed by atoms with Gasteiger partial charge in [-0.25, -0.2) is 0 Å². The van der Waals surface area contributed by atoms with Gasteiger partial charge in [-0.15, -0.1) is 0 Å². The first-order valence-corrected chi connectivity index (χ1v) is 7.16. The maximum atomic E-state index is 11.7. The number of esters is 1. The molecule has 1 saturated carbocycles. The molecule has 0 aliphatic heterocycles. The Morgan fingerprint density at radius 2 is 2.00 bits per heavy atom. The van der Waals surface area contributed by atoms with Gasteiger partial charge in [0.2, 0.25) is 0 Å². The number of rotatable bonds is 6. The van der Waals surface area contributed by atoms with Crippen molar-refractivity contribution in [2.75, 3.05) is 6.61 Å². The van der Waals surface area contributed by atoms with Crippen LogP contribution in [0.25, 0.3) is 0 Å². The van der Waals surface area contributed by atoms with Crippen LogP contribution in [0.5, 0.6) is 0 Å². The van der Waals surface area contributed by atoms with Gasteiger partial charge >= 0.3 is 5.97 Å². The minimum atomic E-state index is -0.489. The molecule has 2 atom stereocenters. The van der Waals surface area contributed by atoms with Crippen molar-refractivity contribution < 1.29 is 14.6 Å². The number of hydrogen-bond acceptors (Lipinski definition) is 3. The Morgan fingerprint density at radius 1 is 1.21 bits per heavy atom. The Bertz CT molecular complexity index is 388. The molecule has 1 aromatic carbocycles. The second-order valence-electron chi connectivity index (χ2n) is 5.21. The Kier molecular flexibility index (Phi) is 5.40. The molecular weight excluding hydrogens is 240 g/mol. The van der Waals surface area contributed by atoms with Gasteiger partial charge in [-0.1, -0.05) is 30.3 Å². The summed E-state index contributed by atoms with van der Waals surface area (Å²) in [7, 11) is 0. The minimum Gasteiger partial charge on any atom is -0.465 e. The predicted octanol–water partition coefficient (Wildman–Crippen LogP) is 2.71.